The molecule has 1 unspecified atom stereocenters. The highest BCUT2D eigenvalue weighted by molar-refractivity contribution is 6.30. The minimum atomic E-state index is -0.433. The first-order valence-electron chi connectivity index (χ1n) is 11.5. The van der Waals surface area contributed by atoms with Crippen molar-refractivity contribution in [3.63, 3.8) is 0 Å². The first-order chi connectivity index (χ1) is 15.9. The molecule has 0 spiro atoms. The van der Waals surface area contributed by atoms with Crippen LogP contribution >= 0.6 is 11.6 Å². The number of aromatic nitrogens is 1. The van der Waals surface area contributed by atoms with E-state index in [4.69, 9.17) is 16.6 Å². The number of hydrogen-bond donors (Lipinski definition) is 1. The number of amides is 1. The van der Waals surface area contributed by atoms with Gasteiger partial charge in [0.05, 0.1) is 17.7 Å². The summed E-state index contributed by atoms with van der Waals surface area (Å²) in [6.45, 7) is 8.29. The quantitative estimate of drug-likeness (QED) is 0.642. The highest BCUT2D eigenvalue weighted by atomic mass is 35.5. The number of hydrogen-bond acceptors (Lipinski definition) is 5. The summed E-state index contributed by atoms with van der Waals surface area (Å²) in [5, 5.41) is 12.7. The zero-order valence-corrected chi connectivity index (χ0v) is 19.8. The van der Waals surface area contributed by atoms with Gasteiger partial charge in [-0.3, -0.25) is 14.7 Å². The van der Waals surface area contributed by atoms with E-state index in [0.29, 0.717) is 30.2 Å². The second kappa shape index (κ2) is 8.93. The Hall–Kier alpha value is -2.67. The molecular formula is C26H29ClN4O2. The van der Waals surface area contributed by atoms with Crippen LogP contribution in [0.3, 0.4) is 0 Å². The first-order valence-corrected chi connectivity index (χ1v) is 11.9. The van der Waals surface area contributed by atoms with E-state index in [1.165, 1.54) is 0 Å². The lowest BCUT2D eigenvalue weighted by Gasteiger charge is -2.38. The summed E-state index contributed by atoms with van der Waals surface area (Å²) in [6, 6.07) is 15.5. The number of rotatable bonds is 3. The number of carbonyl (C=O) groups is 1. The summed E-state index contributed by atoms with van der Waals surface area (Å²) in [5.41, 5.74) is 4.98. The molecule has 2 fully saturated rings. The first kappa shape index (κ1) is 22.1. The summed E-state index contributed by atoms with van der Waals surface area (Å²) < 4.78 is 0. The summed E-state index contributed by atoms with van der Waals surface area (Å²) in [7, 11) is 0. The van der Waals surface area contributed by atoms with Crippen LogP contribution in [0.15, 0.2) is 48.5 Å². The van der Waals surface area contributed by atoms with Gasteiger partial charge < -0.3 is 14.9 Å². The number of fused-ring (bicyclic) bond motifs is 1. The Morgan fingerprint density at radius 3 is 2.48 bits per heavy atom. The molecule has 0 bridgehead atoms. The molecule has 2 aromatic carbocycles. The number of β-amino-alcohol motifs (C(OH)–C–C–N with tert-alkyl or cyclic N) is 1. The molecular weight excluding hydrogens is 436 g/mol. The van der Waals surface area contributed by atoms with Crippen LogP contribution in [0.5, 0.6) is 0 Å². The van der Waals surface area contributed by atoms with E-state index in [-0.39, 0.29) is 11.9 Å². The van der Waals surface area contributed by atoms with Crippen LogP contribution in [0.2, 0.25) is 5.02 Å². The van der Waals surface area contributed by atoms with Gasteiger partial charge in [0, 0.05) is 66.6 Å². The minimum Gasteiger partial charge on any atom is -0.390 e. The number of aryl methyl sites for hydroxylation is 2. The number of aliphatic hydroxyl groups is 1. The Bertz CT molecular complexity index is 1170. The van der Waals surface area contributed by atoms with Gasteiger partial charge in [-0.05, 0) is 49.7 Å². The van der Waals surface area contributed by atoms with Gasteiger partial charge in [0.25, 0.3) is 5.91 Å². The van der Waals surface area contributed by atoms with E-state index in [1.54, 1.807) is 24.3 Å². The Labute approximate surface area is 199 Å². The van der Waals surface area contributed by atoms with E-state index in [1.807, 2.05) is 11.8 Å². The van der Waals surface area contributed by atoms with Gasteiger partial charge in [-0.15, -0.1) is 0 Å². The van der Waals surface area contributed by atoms with Crippen molar-refractivity contribution in [1.82, 2.24) is 14.8 Å². The van der Waals surface area contributed by atoms with Crippen molar-refractivity contribution in [1.29, 1.82) is 0 Å². The molecule has 3 aromatic rings. The number of anilines is 1. The number of aliphatic hydroxyl groups excluding tert-OH is 1. The Kier molecular flexibility index (Phi) is 5.99. The Morgan fingerprint density at radius 2 is 1.76 bits per heavy atom. The molecule has 2 atom stereocenters. The fourth-order valence-corrected chi connectivity index (χ4v) is 5.24. The van der Waals surface area contributed by atoms with Gasteiger partial charge in [0.1, 0.15) is 0 Å². The van der Waals surface area contributed by atoms with Crippen molar-refractivity contribution in [3.8, 4) is 0 Å². The molecule has 1 aromatic heterocycles. The second-order valence-electron chi connectivity index (χ2n) is 9.13. The van der Waals surface area contributed by atoms with E-state index in [9.17, 15) is 9.90 Å². The van der Waals surface area contributed by atoms with Crippen LogP contribution in [-0.4, -0.2) is 77.2 Å². The molecule has 1 amide bonds. The molecule has 1 N–H and O–H groups in total. The molecule has 2 saturated heterocycles. The maximum Gasteiger partial charge on any atom is 0.253 e. The standard InChI is InChI=1S/C26H29ClN4O2/c1-17-4-3-5-21-22(14-18(2)28-25(17)21)31-15-23(24(32)16-31)29-10-12-30(13-11-29)26(33)19-6-8-20(27)9-7-19/h3-9,14,23-24,32H,10-13,15-16H2,1-2H3/t23?,24-/m0/s1. The Morgan fingerprint density at radius 1 is 1.03 bits per heavy atom. The van der Waals surface area contributed by atoms with E-state index in [2.05, 4.69) is 41.0 Å². The molecule has 0 aliphatic carbocycles. The topological polar surface area (TPSA) is 59.9 Å². The van der Waals surface area contributed by atoms with E-state index >= 15 is 0 Å². The maximum absolute atomic E-state index is 12.8. The highest BCUT2D eigenvalue weighted by Crippen LogP contribution is 2.32. The molecule has 172 valence electrons. The van der Waals surface area contributed by atoms with Crippen LogP contribution in [0.4, 0.5) is 5.69 Å². The monoisotopic (exact) mass is 464 g/mol. The van der Waals surface area contributed by atoms with Crippen molar-refractivity contribution in [2.75, 3.05) is 44.2 Å². The molecule has 5 rings (SSSR count). The van der Waals surface area contributed by atoms with E-state index < -0.39 is 6.10 Å². The lowest BCUT2D eigenvalue weighted by atomic mass is 10.1. The van der Waals surface area contributed by atoms with Crippen LogP contribution < -0.4 is 4.90 Å². The fourth-order valence-electron chi connectivity index (χ4n) is 5.12. The van der Waals surface area contributed by atoms with Gasteiger partial charge >= 0.3 is 0 Å². The number of pyridine rings is 1. The van der Waals surface area contributed by atoms with Gasteiger partial charge in [0.2, 0.25) is 0 Å². The third-order valence-electron chi connectivity index (χ3n) is 6.91. The molecule has 3 heterocycles. The third-order valence-corrected chi connectivity index (χ3v) is 7.16. The van der Waals surface area contributed by atoms with Crippen molar-refractivity contribution in [2.45, 2.75) is 26.0 Å². The largest absolute Gasteiger partial charge is 0.390 e. The molecule has 2 aliphatic rings. The van der Waals surface area contributed by atoms with Crippen molar-refractivity contribution in [3.05, 3.63) is 70.4 Å². The maximum atomic E-state index is 12.8. The van der Waals surface area contributed by atoms with Gasteiger partial charge in [-0.25, -0.2) is 0 Å². The molecule has 7 heteroatoms. The molecule has 0 saturated carbocycles. The molecule has 0 radical (unpaired) electrons. The Balaban J connectivity index is 1.28. The average Bonchev–Trinajstić information content (AvgIpc) is 3.21. The smallest absolute Gasteiger partial charge is 0.253 e. The summed E-state index contributed by atoms with van der Waals surface area (Å²) in [6.07, 6.45) is -0.433. The summed E-state index contributed by atoms with van der Waals surface area (Å²) in [5.74, 6) is 0.0361. The fraction of sp³-hybridized carbons (Fsp3) is 0.385. The van der Waals surface area contributed by atoms with Gasteiger partial charge in [0.15, 0.2) is 0 Å². The number of para-hydroxylation sites is 1. The normalized spacial score (nSPS) is 21.7. The predicted molar refractivity (Wildman–Crippen MR) is 132 cm³/mol. The average molecular weight is 465 g/mol. The second-order valence-corrected chi connectivity index (χ2v) is 9.57. The van der Waals surface area contributed by atoms with E-state index in [0.717, 1.165) is 47.5 Å². The number of nitrogens with zero attached hydrogens (tertiary/aromatic N) is 4. The van der Waals surface area contributed by atoms with Crippen LogP contribution in [0.25, 0.3) is 10.9 Å². The molecule has 33 heavy (non-hydrogen) atoms. The SMILES string of the molecule is Cc1cc(N2CC(N3CCN(C(=O)c4ccc(Cl)cc4)CC3)[C@@H](O)C2)c2cccc(C)c2n1. The minimum absolute atomic E-state index is 0.0361. The number of carbonyl (C=O) groups excluding carboxylic acids is 1. The van der Waals surface area contributed by atoms with Crippen molar-refractivity contribution in [2.24, 2.45) is 0 Å². The number of benzene rings is 2. The molecule has 6 nitrogen and oxygen atoms in total. The zero-order chi connectivity index (χ0) is 23.1. The zero-order valence-electron chi connectivity index (χ0n) is 19.0. The lowest BCUT2D eigenvalue weighted by molar-refractivity contribution is 0.0376. The van der Waals surface area contributed by atoms with Gasteiger partial charge in [-0.2, -0.15) is 0 Å². The predicted octanol–water partition coefficient (Wildman–Crippen LogP) is 3.51. The molecule has 2 aliphatic heterocycles. The highest BCUT2D eigenvalue weighted by Gasteiger charge is 2.38. The van der Waals surface area contributed by atoms with Crippen LogP contribution in [0.1, 0.15) is 21.6 Å². The van der Waals surface area contributed by atoms with Gasteiger partial charge in [-0.1, -0.05) is 29.8 Å². The van der Waals surface area contributed by atoms with Crippen LogP contribution in [0, 0.1) is 13.8 Å². The van der Waals surface area contributed by atoms with Crippen molar-refractivity contribution >= 4 is 34.1 Å². The summed E-state index contributed by atoms with van der Waals surface area (Å²) in [4.78, 5) is 24.1. The lowest BCUT2D eigenvalue weighted by Crippen LogP contribution is -2.54. The summed E-state index contributed by atoms with van der Waals surface area (Å²) >= 11 is 5.95. The number of piperazine rings is 1. The van der Waals surface area contributed by atoms with Crippen molar-refractivity contribution < 1.29 is 9.90 Å². The number of halogens is 1. The van der Waals surface area contributed by atoms with Crippen LogP contribution in [-0.2, 0) is 0 Å². The third kappa shape index (κ3) is 4.31.